The molecule has 3 rings (SSSR count). The van der Waals surface area contributed by atoms with Crippen LogP contribution < -0.4 is 10.6 Å². The van der Waals surface area contributed by atoms with E-state index >= 15 is 0 Å². The first-order chi connectivity index (χ1) is 13.7. The Kier molecular flexibility index (Phi) is 11.0. The second-order valence-corrected chi connectivity index (χ2v) is 9.05. The molecular weight excluding hydrogens is 493 g/mol. The Morgan fingerprint density at radius 3 is 2.76 bits per heavy atom. The smallest absolute Gasteiger partial charge is 0.191 e. The van der Waals surface area contributed by atoms with Crippen LogP contribution in [0.2, 0.25) is 0 Å². The summed E-state index contributed by atoms with van der Waals surface area (Å²) in [5.41, 5.74) is 0. The molecule has 2 fully saturated rings. The highest BCUT2D eigenvalue weighted by molar-refractivity contribution is 14.0. The number of halogens is 1. The fourth-order valence-corrected chi connectivity index (χ4v) is 5.51. The second kappa shape index (κ2) is 12.9. The maximum atomic E-state index is 5.02. The summed E-state index contributed by atoms with van der Waals surface area (Å²) in [6.45, 7) is 12.2. The number of thiophene rings is 1. The van der Waals surface area contributed by atoms with Gasteiger partial charge in [0.1, 0.15) is 0 Å². The second-order valence-electron chi connectivity index (χ2n) is 8.07. The van der Waals surface area contributed by atoms with E-state index in [1.54, 1.807) is 0 Å². The van der Waals surface area contributed by atoms with Gasteiger partial charge in [-0.05, 0) is 63.6 Å². The zero-order valence-corrected chi connectivity index (χ0v) is 21.1. The van der Waals surface area contributed by atoms with Gasteiger partial charge in [-0.2, -0.15) is 0 Å². The first-order valence-electron chi connectivity index (χ1n) is 10.8. The molecule has 1 aromatic rings. The lowest BCUT2D eigenvalue weighted by Crippen LogP contribution is -2.49. The molecule has 2 atom stereocenters. The molecule has 0 amide bonds. The predicted molar refractivity (Wildman–Crippen MR) is 137 cm³/mol. The number of piperidine rings is 2. The van der Waals surface area contributed by atoms with Crippen LogP contribution in [-0.2, 0) is 0 Å². The van der Waals surface area contributed by atoms with Gasteiger partial charge in [0.2, 0.25) is 0 Å². The highest BCUT2D eigenvalue weighted by Gasteiger charge is 2.31. The number of nitrogens with zero attached hydrogens (tertiary/aromatic N) is 3. The van der Waals surface area contributed by atoms with Crippen LogP contribution in [0.5, 0.6) is 0 Å². The maximum Gasteiger partial charge on any atom is 0.191 e. The van der Waals surface area contributed by atoms with Crippen molar-refractivity contribution in [3.05, 3.63) is 35.0 Å². The highest BCUT2D eigenvalue weighted by atomic mass is 127. The van der Waals surface area contributed by atoms with E-state index in [-0.39, 0.29) is 24.0 Å². The van der Waals surface area contributed by atoms with Gasteiger partial charge in [0.25, 0.3) is 0 Å². The summed E-state index contributed by atoms with van der Waals surface area (Å²) in [5, 5.41) is 9.36. The van der Waals surface area contributed by atoms with Crippen molar-refractivity contribution in [2.24, 2.45) is 10.9 Å². The minimum atomic E-state index is 0. The summed E-state index contributed by atoms with van der Waals surface area (Å²) >= 11 is 1.88. The van der Waals surface area contributed by atoms with Gasteiger partial charge in [0, 0.05) is 49.7 Å². The van der Waals surface area contributed by atoms with Gasteiger partial charge in [-0.15, -0.1) is 41.9 Å². The molecule has 0 saturated carbocycles. The summed E-state index contributed by atoms with van der Waals surface area (Å²) in [6, 6.07) is 5.48. The van der Waals surface area contributed by atoms with E-state index < -0.39 is 0 Å². The summed E-state index contributed by atoms with van der Waals surface area (Å²) in [4.78, 5) is 11.5. The molecule has 0 radical (unpaired) electrons. The lowest BCUT2D eigenvalue weighted by atomic mass is 9.88. The minimum Gasteiger partial charge on any atom is -0.357 e. The number of hydrogen-bond acceptors (Lipinski definition) is 4. The maximum absolute atomic E-state index is 5.02. The predicted octanol–water partition coefficient (Wildman–Crippen LogP) is 3.95. The van der Waals surface area contributed by atoms with Crippen molar-refractivity contribution in [3.8, 4) is 0 Å². The molecule has 0 aliphatic carbocycles. The summed E-state index contributed by atoms with van der Waals surface area (Å²) < 4.78 is 0. The van der Waals surface area contributed by atoms with Crippen LogP contribution in [0.3, 0.4) is 0 Å². The van der Waals surface area contributed by atoms with Crippen LogP contribution >= 0.6 is 35.3 Å². The van der Waals surface area contributed by atoms with Crippen molar-refractivity contribution in [2.75, 3.05) is 46.3 Å². The van der Waals surface area contributed by atoms with Crippen molar-refractivity contribution in [3.63, 3.8) is 0 Å². The summed E-state index contributed by atoms with van der Waals surface area (Å²) in [7, 11) is 2.26. The van der Waals surface area contributed by atoms with Crippen molar-refractivity contribution in [1.29, 1.82) is 0 Å². The Balaban J connectivity index is 0.00000300. The van der Waals surface area contributed by atoms with Crippen molar-refractivity contribution < 1.29 is 0 Å². The van der Waals surface area contributed by atoms with E-state index in [0.29, 0.717) is 18.0 Å². The molecule has 1 aromatic heterocycles. The molecule has 2 aliphatic heterocycles. The van der Waals surface area contributed by atoms with Gasteiger partial charge in [-0.25, -0.2) is 0 Å². The largest absolute Gasteiger partial charge is 0.357 e. The van der Waals surface area contributed by atoms with Crippen LogP contribution in [0, 0.1) is 5.92 Å². The zero-order valence-electron chi connectivity index (χ0n) is 18.0. The lowest BCUT2D eigenvalue weighted by molar-refractivity contribution is 0.128. The molecule has 0 aromatic carbocycles. The van der Waals surface area contributed by atoms with Crippen LogP contribution in [0.15, 0.2) is 35.2 Å². The molecule has 7 heteroatoms. The zero-order chi connectivity index (χ0) is 19.8. The van der Waals surface area contributed by atoms with Gasteiger partial charge in [0.05, 0.1) is 0 Å². The fourth-order valence-electron chi connectivity index (χ4n) is 4.52. The molecule has 164 valence electrons. The third-order valence-corrected chi connectivity index (χ3v) is 6.93. The normalized spacial score (nSPS) is 24.7. The Bertz CT molecular complexity index is 613. The number of rotatable bonds is 7. The van der Waals surface area contributed by atoms with E-state index in [9.17, 15) is 0 Å². The SMILES string of the molecule is C=CCN1CCC(NC(=NCC2CCCN(C)C2c2cccs2)NCC)CC1.I. The number of nitrogens with one attached hydrogen (secondary N) is 2. The van der Waals surface area contributed by atoms with Crippen LogP contribution in [0.1, 0.15) is 43.5 Å². The molecule has 2 saturated heterocycles. The average Bonchev–Trinajstić information content (AvgIpc) is 3.22. The standard InChI is InChI=1S/C22H37N5S.HI/c1-4-12-27-14-10-19(11-15-27)25-22(23-5-2)24-17-18-8-6-13-26(3)21(18)20-9-7-16-28-20;/h4,7,9,16,18-19,21H,1,5-6,8,10-15,17H2,2-3H3,(H2,23,24,25);1H. The molecule has 3 heterocycles. The number of hydrogen-bond donors (Lipinski definition) is 2. The lowest BCUT2D eigenvalue weighted by Gasteiger charge is -2.38. The van der Waals surface area contributed by atoms with Gasteiger partial charge in [-0.1, -0.05) is 12.1 Å². The summed E-state index contributed by atoms with van der Waals surface area (Å²) in [6.07, 6.45) is 6.87. The Morgan fingerprint density at radius 1 is 1.31 bits per heavy atom. The van der Waals surface area contributed by atoms with Crippen LogP contribution in [0.4, 0.5) is 0 Å². The molecular formula is C22H38IN5S. The molecule has 5 nitrogen and oxygen atoms in total. The van der Waals surface area contributed by atoms with E-state index in [1.807, 2.05) is 17.4 Å². The van der Waals surface area contributed by atoms with Gasteiger partial charge in [-0.3, -0.25) is 14.8 Å². The van der Waals surface area contributed by atoms with E-state index in [2.05, 4.69) is 58.5 Å². The third kappa shape index (κ3) is 7.22. The molecule has 2 unspecified atom stereocenters. The van der Waals surface area contributed by atoms with Gasteiger partial charge in [0.15, 0.2) is 5.96 Å². The Morgan fingerprint density at radius 2 is 2.10 bits per heavy atom. The average molecular weight is 532 g/mol. The fraction of sp³-hybridized carbons (Fsp3) is 0.682. The van der Waals surface area contributed by atoms with Crippen molar-refractivity contribution in [1.82, 2.24) is 20.4 Å². The van der Waals surface area contributed by atoms with Crippen LogP contribution in [-0.4, -0.2) is 68.1 Å². The Hall–Kier alpha value is -0.640. The van der Waals surface area contributed by atoms with E-state index in [0.717, 1.165) is 38.7 Å². The van der Waals surface area contributed by atoms with E-state index in [4.69, 9.17) is 4.99 Å². The number of likely N-dealkylation sites (tertiary alicyclic amines) is 2. The Labute approximate surface area is 198 Å². The van der Waals surface area contributed by atoms with Crippen molar-refractivity contribution in [2.45, 2.75) is 44.7 Å². The first-order valence-corrected chi connectivity index (χ1v) is 11.7. The number of aliphatic imine (C=N–C) groups is 1. The molecule has 0 spiro atoms. The molecule has 29 heavy (non-hydrogen) atoms. The first kappa shape index (κ1) is 24.6. The van der Waals surface area contributed by atoms with E-state index in [1.165, 1.54) is 37.1 Å². The molecule has 2 N–H and O–H groups in total. The monoisotopic (exact) mass is 531 g/mol. The molecule has 2 aliphatic rings. The molecule has 0 bridgehead atoms. The van der Waals surface area contributed by atoms with Crippen LogP contribution in [0.25, 0.3) is 0 Å². The third-order valence-electron chi connectivity index (χ3n) is 5.99. The summed E-state index contributed by atoms with van der Waals surface area (Å²) in [5.74, 6) is 1.57. The minimum absolute atomic E-state index is 0. The van der Waals surface area contributed by atoms with Gasteiger partial charge < -0.3 is 10.6 Å². The van der Waals surface area contributed by atoms with Crippen molar-refractivity contribution >= 4 is 41.3 Å². The number of guanidine groups is 1. The highest BCUT2D eigenvalue weighted by Crippen LogP contribution is 2.37. The topological polar surface area (TPSA) is 42.9 Å². The quantitative estimate of drug-likeness (QED) is 0.242. The van der Waals surface area contributed by atoms with Gasteiger partial charge >= 0.3 is 0 Å².